The topological polar surface area (TPSA) is 45.2 Å². The van der Waals surface area contributed by atoms with Gasteiger partial charge in [-0.25, -0.2) is 4.98 Å². The van der Waals surface area contributed by atoms with Crippen LogP contribution in [0.4, 0.5) is 5.82 Å². The van der Waals surface area contributed by atoms with Gasteiger partial charge in [0.15, 0.2) is 0 Å². The number of rotatable bonds is 6. The van der Waals surface area contributed by atoms with E-state index in [0.717, 1.165) is 30.2 Å². The van der Waals surface area contributed by atoms with Gasteiger partial charge in [-0.05, 0) is 43.7 Å². The number of nitrogens with zero attached hydrogens (tertiary/aromatic N) is 2. The summed E-state index contributed by atoms with van der Waals surface area (Å²) in [5, 5.41) is 3.06. The van der Waals surface area contributed by atoms with E-state index in [-0.39, 0.29) is 5.91 Å². The van der Waals surface area contributed by atoms with Gasteiger partial charge in [0.2, 0.25) is 0 Å². The van der Waals surface area contributed by atoms with E-state index in [1.165, 1.54) is 19.3 Å². The number of nitrogens with one attached hydrogen (secondary N) is 1. The van der Waals surface area contributed by atoms with Crippen molar-refractivity contribution in [1.29, 1.82) is 0 Å². The molecular formula is C17H27N3O. The summed E-state index contributed by atoms with van der Waals surface area (Å²) in [5.74, 6) is 1.91. The molecule has 1 aromatic rings. The zero-order chi connectivity index (χ0) is 15.4. The van der Waals surface area contributed by atoms with Crippen LogP contribution < -0.4 is 5.32 Å². The number of amides is 1. The second-order valence-corrected chi connectivity index (χ2v) is 6.21. The van der Waals surface area contributed by atoms with Crippen molar-refractivity contribution in [2.75, 3.05) is 25.5 Å². The fraction of sp³-hybridized carbons (Fsp3) is 0.647. The lowest BCUT2D eigenvalue weighted by Gasteiger charge is -2.32. The monoisotopic (exact) mass is 289 g/mol. The summed E-state index contributed by atoms with van der Waals surface area (Å²) >= 11 is 0. The molecule has 116 valence electrons. The molecule has 1 fully saturated rings. The van der Waals surface area contributed by atoms with Crippen LogP contribution in [0.3, 0.4) is 0 Å². The third kappa shape index (κ3) is 3.74. The largest absolute Gasteiger partial charge is 0.373 e. The van der Waals surface area contributed by atoms with Crippen molar-refractivity contribution in [3.63, 3.8) is 0 Å². The van der Waals surface area contributed by atoms with Crippen molar-refractivity contribution >= 4 is 11.7 Å². The number of aromatic nitrogens is 1. The van der Waals surface area contributed by atoms with Crippen LogP contribution in [-0.4, -0.2) is 35.9 Å². The van der Waals surface area contributed by atoms with Crippen LogP contribution in [0.1, 0.15) is 62.0 Å². The molecule has 1 aliphatic rings. The lowest BCUT2D eigenvalue weighted by molar-refractivity contribution is 0.0706. The van der Waals surface area contributed by atoms with E-state index >= 15 is 0 Å². The Balaban J connectivity index is 2.21. The Hall–Kier alpha value is -1.58. The van der Waals surface area contributed by atoms with E-state index in [2.05, 4.69) is 31.1 Å². The molecule has 1 amide bonds. The summed E-state index contributed by atoms with van der Waals surface area (Å²) < 4.78 is 0. The third-order valence-corrected chi connectivity index (χ3v) is 4.31. The van der Waals surface area contributed by atoms with Gasteiger partial charge in [-0.3, -0.25) is 4.79 Å². The summed E-state index contributed by atoms with van der Waals surface area (Å²) in [5.41, 5.74) is 1.71. The van der Waals surface area contributed by atoms with Crippen molar-refractivity contribution in [2.45, 2.75) is 46.0 Å². The maximum Gasteiger partial charge on any atom is 0.254 e. The standard InChI is InChI=1S/C17H27N3O/c1-5-20(11-13-7-6-8-13)17(21)14-9-15(12(2)3)19-16(10-14)18-4/h9-10,12-13H,5-8,11H2,1-4H3,(H,18,19). The molecule has 0 radical (unpaired) electrons. The first kappa shape index (κ1) is 15.8. The van der Waals surface area contributed by atoms with Gasteiger partial charge >= 0.3 is 0 Å². The van der Waals surface area contributed by atoms with Crippen LogP contribution in [0.5, 0.6) is 0 Å². The minimum absolute atomic E-state index is 0.130. The Morgan fingerprint density at radius 1 is 1.43 bits per heavy atom. The van der Waals surface area contributed by atoms with Gasteiger partial charge in [0.05, 0.1) is 0 Å². The minimum Gasteiger partial charge on any atom is -0.373 e. The maximum absolute atomic E-state index is 12.8. The first-order valence-corrected chi connectivity index (χ1v) is 8.04. The molecule has 1 N–H and O–H groups in total. The number of carbonyl (C=O) groups excluding carboxylic acids is 1. The van der Waals surface area contributed by atoms with E-state index in [0.29, 0.717) is 11.8 Å². The average Bonchev–Trinajstić information content (AvgIpc) is 2.45. The molecule has 1 heterocycles. The summed E-state index contributed by atoms with van der Waals surface area (Å²) in [7, 11) is 1.84. The Kier molecular flexibility index (Phi) is 5.21. The minimum atomic E-state index is 0.130. The second kappa shape index (κ2) is 6.92. The van der Waals surface area contributed by atoms with Crippen LogP contribution >= 0.6 is 0 Å². The van der Waals surface area contributed by atoms with Gasteiger partial charge in [-0.1, -0.05) is 20.3 Å². The fourth-order valence-corrected chi connectivity index (χ4v) is 2.62. The summed E-state index contributed by atoms with van der Waals surface area (Å²) in [4.78, 5) is 19.3. The number of hydrogen-bond donors (Lipinski definition) is 1. The molecular weight excluding hydrogens is 262 g/mol. The fourth-order valence-electron chi connectivity index (χ4n) is 2.62. The molecule has 1 aliphatic carbocycles. The number of hydrogen-bond acceptors (Lipinski definition) is 3. The van der Waals surface area contributed by atoms with Crippen LogP contribution in [0.25, 0.3) is 0 Å². The SMILES string of the molecule is CCN(CC1CCC1)C(=O)c1cc(NC)nc(C(C)C)c1. The van der Waals surface area contributed by atoms with Crippen LogP contribution in [0, 0.1) is 5.92 Å². The van der Waals surface area contributed by atoms with Gasteiger partial charge in [0, 0.05) is 31.4 Å². The molecule has 0 atom stereocenters. The van der Waals surface area contributed by atoms with Crippen molar-refractivity contribution in [1.82, 2.24) is 9.88 Å². The van der Waals surface area contributed by atoms with Gasteiger partial charge in [-0.2, -0.15) is 0 Å². The third-order valence-electron chi connectivity index (χ3n) is 4.31. The van der Waals surface area contributed by atoms with Gasteiger partial charge in [0.1, 0.15) is 5.82 Å². The Bertz CT molecular complexity index is 495. The number of carbonyl (C=O) groups is 1. The highest BCUT2D eigenvalue weighted by Crippen LogP contribution is 2.28. The molecule has 2 rings (SSSR count). The van der Waals surface area contributed by atoms with E-state index in [1.54, 1.807) is 0 Å². The molecule has 0 aromatic carbocycles. The maximum atomic E-state index is 12.8. The molecule has 0 saturated heterocycles. The lowest BCUT2D eigenvalue weighted by Crippen LogP contribution is -2.37. The number of pyridine rings is 1. The van der Waals surface area contributed by atoms with Gasteiger partial charge in [0.25, 0.3) is 5.91 Å². The molecule has 1 aromatic heterocycles. The van der Waals surface area contributed by atoms with E-state index in [9.17, 15) is 4.79 Å². The molecule has 0 aliphatic heterocycles. The molecule has 21 heavy (non-hydrogen) atoms. The molecule has 1 saturated carbocycles. The molecule has 4 nitrogen and oxygen atoms in total. The van der Waals surface area contributed by atoms with Crippen LogP contribution in [0.2, 0.25) is 0 Å². The predicted molar refractivity (Wildman–Crippen MR) is 86.8 cm³/mol. The zero-order valence-corrected chi connectivity index (χ0v) is 13.6. The van der Waals surface area contributed by atoms with Crippen LogP contribution in [-0.2, 0) is 0 Å². The first-order valence-electron chi connectivity index (χ1n) is 8.04. The molecule has 0 unspecified atom stereocenters. The highest BCUT2D eigenvalue weighted by atomic mass is 16.2. The Morgan fingerprint density at radius 3 is 2.62 bits per heavy atom. The normalized spacial score (nSPS) is 14.9. The van der Waals surface area contributed by atoms with Crippen molar-refractivity contribution < 1.29 is 4.79 Å². The van der Waals surface area contributed by atoms with E-state index in [1.807, 2.05) is 24.1 Å². The Labute approximate surface area is 127 Å². The molecule has 4 heteroatoms. The van der Waals surface area contributed by atoms with Crippen molar-refractivity contribution in [3.8, 4) is 0 Å². The van der Waals surface area contributed by atoms with Crippen molar-refractivity contribution in [2.24, 2.45) is 5.92 Å². The highest BCUT2D eigenvalue weighted by Gasteiger charge is 2.24. The smallest absolute Gasteiger partial charge is 0.254 e. The lowest BCUT2D eigenvalue weighted by atomic mass is 9.85. The van der Waals surface area contributed by atoms with Gasteiger partial charge in [-0.15, -0.1) is 0 Å². The van der Waals surface area contributed by atoms with Gasteiger partial charge < -0.3 is 10.2 Å². The quantitative estimate of drug-likeness (QED) is 0.871. The first-order chi connectivity index (χ1) is 10.0. The predicted octanol–water partition coefficient (Wildman–Crippen LogP) is 3.51. The summed E-state index contributed by atoms with van der Waals surface area (Å²) in [6, 6.07) is 3.80. The Morgan fingerprint density at radius 2 is 2.14 bits per heavy atom. The van der Waals surface area contributed by atoms with E-state index < -0.39 is 0 Å². The number of anilines is 1. The summed E-state index contributed by atoms with van der Waals surface area (Å²) in [6.45, 7) is 7.91. The van der Waals surface area contributed by atoms with E-state index in [4.69, 9.17) is 0 Å². The molecule has 0 bridgehead atoms. The average molecular weight is 289 g/mol. The summed E-state index contributed by atoms with van der Waals surface area (Å²) in [6.07, 6.45) is 3.84. The molecule has 0 spiro atoms. The highest BCUT2D eigenvalue weighted by molar-refractivity contribution is 5.95. The van der Waals surface area contributed by atoms with Crippen LogP contribution in [0.15, 0.2) is 12.1 Å². The second-order valence-electron chi connectivity index (χ2n) is 6.21. The zero-order valence-electron chi connectivity index (χ0n) is 13.6. The van der Waals surface area contributed by atoms with Crippen molar-refractivity contribution in [3.05, 3.63) is 23.4 Å².